The van der Waals surface area contributed by atoms with E-state index in [0.29, 0.717) is 22.0 Å². The number of phenols is 1. The molecule has 0 amide bonds. The number of benzene rings is 2. The first-order valence-corrected chi connectivity index (χ1v) is 11.6. The van der Waals surface area contributed by atoms with E-state index >= 15 is 0 Å². The van der Waals surface area contributed by atoms with E-state index in [2.05, 4.69) is 10.3 Å². The number of thiazole rings is 1. The van der Waals surface area contributed by atoms with Crippen LogP contribution in [-0.2, 0) is 24.5 Å². The largest absolute Gasteiger partial charge is 0.508 e. The molecular weight excluding hydrogens is 452 g/mol. The molecule has 34 heavy (non-hydrogen) atoms. The van der Waals surface area contributed by atoms with Gasteiger partial charge >= 0.3 is 11.9 Å². The molecule has 1 aliphatic heterocycles. The van der Waals surface area contributed by atoms with E-state index in [1.165, 1.54) is 25.6 Å². The fourth-order valence-electron chi connectivity index (χ4n) is 4.43. The van der Waals surface area contributed by atoms with Gasteiger partial charge in [0.25, 0.3) is 0 Å². The summed E-state index contributed by atoms with van der Waals surface area (Å²) in [7, 11) is 2.70. The highest BCUT2D eigenvalue weighted by Gasteiger charge is 2.59. The Bertz CT molecular complexity index is 1130. The van der Waals surface area contributed by atoms with Crippen molar-refractivity contribution in [1.82, 2.24) is 10.3 Å². The van der Waals surface area contributed by atoms with Crippen LogP contribution in [0.15, 0.2) is 83.5 Å². The number of ether oxygens (including phenoxy) is 2. The Morgan fingerprint density at radius 1 is 1.03 bits per heavy atom. The first kappa shape index (κ1) is 25.0. The van der Waals surface area contributed by atoms with E-state index in [4.69, 9.17) is 14.6 Å². The molecule has 1 aromatic heterocycles. The number of hydrogen-bond acceptors (Lipinski definition) is 8. The highest BCUT2D eigenvalue weighted by Crippen LogP contribution is 2.51. The lowest BCUT2D eigenvalue weighted by atomic mass is 9.61. The van der Waals surface area contributed by atoms with Crippen molar-refractivity contribution in [2.24, 2.45) is 0 Å². The fraction of sp³-hybridized carbons (Fsp3) is 0.269. The second-order valence-electron chi connectivity index (χ2n) is 7.76. The van der Waals surface area contributed by atoms with E-state index in [1.807, 2.05) is 55.6 Å². The molecule has 1 aliphatic rings. The SMILES string of the molecule is COC(=O)C1=C(C)NC(C)C(C(=O)OC)(c2ccccc2)C1c1nccs1.Oc1ccccc1. The molecule has 3 aromatic rings. The molecule has 3 atom stereocenters. The van der Waals surface area contributed by atoms with Gasteiger partial charge < -0.3 is 19.9 Å². The van der Waals surface area contributed by atoms with Crippen molar-refractivity contribution in [3.05, 3.63) is 94.1 Å². The summed E-state index contributed by atoms with van der Waals surface area (Å²) < 4.78 is 10.3. The number of allylic oxidation sites excluding steroid dienone is 1. The molecule has 8 heteroatoms. The fourth-order valence-corrected chi connectivity index (χ4v) is 5.25. The Morgan fingerprint density at radius 3 is 2.12 bits per heavy atom. The Morgan fingerprint density at radius 2 is 1.65 bits per heavy atom. The van der Waals surface area contributed by atoms with Crippen LogP contribution < -0.4 is 5.32 Å². The number of carbonyl (C=O) groups excluding carboxylic acids is 2. The maximum Gasteiger partial charge on any atom is 0.336 e. The highest BCUT2D eigenvalue weighted by atomic mass is 32.1. The van der Waals surface area contributed by atoms with Gasteiger partial charge in [0, 0.05) is 23.3 Å². The molecule has 2 aromatic carbocycles. The quantitative estimate of drug-likeness (QED) is 0.541. The molecule has 3 unspecified atom stereocenters. The zero-order valence-electron chi connectivity index (χ0n) is 19.5. The van der Waals surface area contributed by atoms with Crippen LogP contribution in [0.2, 0.25) is 0 Å². The van der Waals surface area contributed by atoms with E-state index in [9.17, 15) is 9.59 Å². The molecular formula is C26H28N2O5S. The third-order valence-corrected chi connectivity index (χ3v) is 6.74. The maximum atomic E-state index is 13.3. The normalized spacial score (nSPS) is 21.5. The van der Waals surface area contributed by atoms with Crippen molar-refractivity contribution in [1.29, 1.82) is 0 Å². The van der Waals surface area contributed by atoms with Gasteiger partial charge in [0.05, 0.1) is 25.7 Å². The van der Waals surface area contributed by atoms with Crippen LogP contribution in [0.3, 0.4) is 0 Å². The number of aromatic nitrogens is 1. The Labute approximate surface area is 203 Å². The van der Waals surface area contributed by atoms with Crippen LogP contribution >= 0.6 is 11.3 Å². The first-order valence-electron chi connectivity index (χ1n) is 10.7. The zero-order valence-corrected chi connectivity index (χ0v) is 20.3. The summed E-state index contributed by atoms with van der Waals surface area (Å²) in [5.41, 5.74) is 0.646. The third-order valence-electron chi connectivity index (χ3n) is 5.90. The molecule has 2 heterocycles. The monoisotopic (exact) mass is 480 g/mol. The van der Waals surface area contributed by atoms with E-state index in [0.717, 1.165) is 5.56 Å². The van der Waals surface area contributed by atoms with Gasteiger partial charge in [0.1, 0.15) is 16.2 Å². The molecule has 0 saturated carbocycles. The van der Waals surface area contributed by atoms with Gasteiger partial charge in [0.2, 0.25) is 0 Å². The first-order chi connectivity index (χ1) is 16.4. The number of nitrogens with zero attached hydrogens (tertiary/aromatic N) is 1. The summed E-state index contributed by atoms with van der Waals surface area (Å²) in [4.78, 5) is 30.5. The van der Waals surface area contributed by atoms with Crippen molar-refractivity contribution in [2.75, 3.05) is 14.2 Å². The predicted molar refractivity (Wildman–Crippen MR) is 130 cm³/mol. The summed E-state index contributed by atoms with van der Waals surface area (Å²) in [5, 5.41) is 14.4. The minimum Gasteiger partial charge on any atom is -0.508 e. The minimum absolute atomic E-state index is 0.322. The minimum atomic E-state index is -1.17. The molecule has 0 saturated heterocycles. The van der Waals surface area contributed by atoms with Gasteiger partial charge in [-0.3, -0.25) is 4.79 Å². The zero-order chi connectivity index (χ0) is 24.7. The summed E-state index contributed by atoms with van der Waals surface area (Å²) in [6.07, 6.45) is 1.67. The van der Waals surface area contributed by atoms with E-state index in [1.54, 1.807) is 30.5 Å². The van der Waals surface area contributed by atoms with E-state index in [-0.39, 0.29) is 6.04 Å². The Balaban J connectivity index is 0.000000396. The third kappa shape index (κ3) is 4.68. The van der Waals surface area contributed by atoms with Crippen molar-refractivity contribution in [3.63, 3.8) is 0 Å². The number of esters is 2. The van der Waals surface area contributed by atoms with Crippen LogP contribution in [0.5, 0.6) is 5.75 Å². The second kappa shape index (κ2) is 11.0. The molecule has 7 nitrogen and oxygen atoms in total. The molecule has 0 fully saturated rings. The number of rotatable bonds is 4. The van der Waals surface area contributed by atoms with Crippen molar-refractivity contribution in [2.45, 2.75) is 31.2 Å². The standard InChI is InChI=1S/C20H22N2O4S.C6H6O/c1-12-15(18(23)25-3)16(17-21-10-11-27-17)20(13(2)22-12,19(24)26-4)14-8-6-5-7-9-14;7-6-4-2-1-3-5-6/h5-11,13,16,22H,1-4H3;1-5,7H. The molecule has 0 bridgehead atoms. The number of phenolic OH excluding ortho intramolecular Hbond substituents is 1. The van der Waals surface area contributed by atoms with Gasteiger partial charge in [-0.05, 0) is 31.5 Å². The molecule has 4 rings (SSSR count). The number of aromatic hydroxyl groups is 1. The highest BCUT2D eigenvalue weighted by molar-refractivity contribution is 7.09. The van der Waals surface area contributed by atoms with Gasteiger partial charge in [-0.1, -0.05) is 48.5 Å². The molecule has 0 radical (unpaired) electrons. The van der Waals surface area contributed by atoms with Gasteiger partial charge in [0.15, 0.2) is 0 Å². The molecule has 2 N–H and O–H groups in total. The van der Waals surface area contributed by atoms with Crippen LogP contribution in [-0.4, -0.2) is 42.3 Å². The topological polar surface area (TPSA) is 97.8 Å². The lowest BCUT2D eigenvalue weighted by Gasteiger charge is -2.47. The Hall–Kier alpha value is -3.65. The van der Waals surface area contributed by atoms with Crippen LogP contribution in [0.25, 0.3) is 0 Å². The van der Waals surface area contributed by atoms with Crippen LogP contribution in [0.4, 0.5) is 0 Å². The maximum absolute atomic E-state index is 13.3. The average molecular weight is 481 g/mol. The second-order valence-corrected chi connectivity index (χ2v) is 8.69. The summed E-state index contributed by atoms with van der Waals surface area (Å²) in [5.74, 6) is -1.22. The van der Waals surface area contributed by atoms with Crippen LogP contribution in [0, 0.1) is 0 Å². The van der Waals surface area contributed by atoms with Crippen molar-refractivity contribution < 1.29 is 24.2 Å². The Kier molecular flexibility index (Phi) is 8.07. The molecule has 0 spiro atoms. The van der Waals surface area contributed by atoms with Gasteiger partial charge in [-0.25, -0.2) is 9.78 Å². The van der Waals surface area contributed by atoms with Crippen molar-refractivity contribution >= 4 is 23.3 Å². The van der Waals surface area contributed by atoms with Crippen LogP contribution in [0.1, 0.15) is 30.3 Å². The number of nitrogens with one attached hydrogen (secondary N) is 1. The summed E-state index contributed by atoms with van der Waals surface area (Å²) in [6.45, 7) is 3.73. The van der Waals surface area contributed by atoms with Gasteiger partial charge in [-0.15, -0.1) is 11.3 Å². The lowest BCUT2D eigenvalue weighted by Crippen LogP contribution is -2.60. The number of methoxy groups -OCH3 is 2. The summed E-state index contributed by atoms with van der Waals surface area (Å²) in [6, 6.07) is 17.8. The predicted octanol–water partition coefficient (Wildman–Crippen LogP) is 4.17. The van der Waals surface area contributed by atoms with Gasteiger partial charge in [-0.2, -0.15) is 0 Å². The molecule has 178 valence electrons. The van der Waals surface area contributed by atoms with E-state index < -0.39 is 23.3 Å². The lowest BCUT2D eigenvalue weighted by molar-refractivity contribution is -0.150. The average Bonchev–Trinajstić information content (AvgIpc) is 3.39. The smallest absolute Gasteiger partial charge is 0.336 e. The number of carbonyl (C=O) groups is 2. The molecule has 0 aliphatic carbocycles. The summed E-state index contributed by atoms with van der Waals surface area (Å²) >= 11 is 1.40. The number of para-hydroxylation sites is 1. The van der Waals surface area contributed by atoms with Crippen molar-refractivity contribution in [3.8, 4) is 5.75 Å². The number of hydrogen-bond donors (Lipinski definition) is 2.